The Bertz CT molecular complexity index is 2200. The van der Waals surface area contributed by atoms with Gasteiger partial charge in [-0.25, -0.2) is 16.8 Å². The average molecular weight is 864 g/mol. The Hall–Kier alpha value is -4.05. The van der Waals surface area contributed by atoms with Gasteiger partial charge in [0.25, 0.3) is 11.8 Å². The predicted molar refractivity (Wildman–Crippen MR) is 218 cm³/mol. The van der Waals surface area contributed by atoms with E-state index in [4.69, 9.17) is 5.11 Å². The lowest BCUT2D eigenvalue weighted by Gasteiger charge is -2.27. The number of aliphatic hydroxyl groups excluding tert-OH is 5. The Kier molecular flexibility index (Phi) is 15.4. The van der Waals surface area contributed by atoms with Gasteiger partial charge in [0.1, 0.15) is 24.9 Å². The minimum atomic E-state index is -4.43. The van der Waals surface area contributed by atoms with Gasteiger partial charge >= 0.3 is 0 Å². The molecule has 0 fully saturated rings. The number of nitrogens with one attached hydrogen (secondary N) is 2. The second-order valence-corrected chi connectivity index (χ2v) is 18.9. The standard InChI is InChI=1S/C40H56N4O13S2/c1-39(2)27-21-25(37(50)41-5)13-15-29(27)43(17-6-8-19-58(52,53)54)33(39)11-10-12-34-40(3,4)28-22-26(14-16-30(28)44(34)18-7-9-20-59(55,56)57)38(51)42-23-31(46)35(48)36(49)32(47)24-45/h10-16,21-22,31-32,35-36,45-49H,6-9,17-20,23-24H2,1-5H3,(H3-,41,42,50,51,52,53,54,55,56,57)/p-1. The van der Waals surface area contributed by atoms with Gasteiger partial charge in [-0.1, -0.05) is 19.9 Å². The molecule has 4 rings (SSSR count). The minimum absolute atomic E-state index is 0.116. The maximum absolute atomic E-state index is 13.3. The largest absolute Gasteiger partial charge is 0.748 e. The van der Waals surface area contributed by atoms with Gasteiger partial charge in [0, 0.05) is 83.7 Å². The fraction of sp³-hybridized carbons (Fsp3) is 0.525. The van der Waals surface area contributed by atoms with Crippen molar-refractivity contribution in [2.75, 3.05) is 49.7 Å². The van der Waals surface area contributed by atoms with Crippen LogP contribution in [0.3, 0.4) is 0 Å². The third-order valence-corrected chi connectivity index (χ3v) is 12.5. The number of unbranched alkanes of at least 4 members (excludes halogenated alkanes) is 2. The first-order chi connectivity index (χ1) is 27.4. The number of fused-ring (bicyclic) bond motifs is 2. The van der Waals surface area contributed by atoms with E-state index in [1.807, 2.05) is 67.5 Å². The number of carbonyl (C=O) groups excluding carboxylic acids is 2. The lowest BCUT2D eigenvalue weighted by molar-refractivity contribution is -0.438. The summed E-state index contributed by atoms with van der Waals surface area (Å²) in [5, 5.41) is 54.2. The first-order valence-corrected chi connectivity index (χ1v) is 22.4. The van der Waals surface area contributed by atoms with Gasteiger partial charge in [0.2, 0.25) is 5.69 Å². The molecule has 7 N–H and O–H groups in total. The fourth-order valence-corrected chi connectivity index (χ4v) is 8.69. The second kappa shape index (κ2) is 19.1. The van der Waals surface area contributed by atoms with Crippen LogP contribution in [0.4, 0.5) is 11.4 Å². The Morgan fingerprint density at radius 3 is 2.00 bits per heavy atom. The smallest absolute Gasteiger partial charge is 0.251 e. The number of benzene rings is 2. The first-order valence-electron chi connectivity index (χ1n) is 19.3. The zero-order valence-corrected chi connectivity index (χ0v) is 35.4. The number of hydrogen-bond donors (Lipinski definition) is 7. The highest BCUT2D eigenvalue weighted by molar-refractivity contribution is 7.85. The normalized spacial score (nSPS) is 18.8. The van der Waals surface area contributed by atoms with E-state index >= 15 is 0 Å². The average Bonchev–Trinajstić information content (AvgIpc) is 3.52. The highest BCUT2D eigenvalue weighted by Crippen LogP contribution is 2.48. The minimum Gasteiger partial charge on any atom is -0.748 e. The molecule has 0 saturated heterocycles. The summed E-state index contributed by atoms with van der Waals surface area (Å²) < 4.78 is 70.1. The zero-order valence-electron chi connectivity index (χ0n) is 33.8. The number of allylic oxidation sites excluding steroid dienone is 4. The highest BCUT2D eigenvalue weighted by atomic mass is 32.2. The summed E-state index contributed by atoms with van der Waals surface area (Å²) in [5.41, 5.74) is 4.09. The molecule has 2 aliphatic heterocycles. The molecular weight excluding hydrogens is 809 g/mol. The van der Waals surface area contributed by atoms with Crippen molar-refractivity contribution in [3.8, 4) is 0 Å². The summed E-state index contributed by atoms with van der Waals surface area (Å²) in [5.74, 6) is -1.89. The van der Waals surface area contributed by atoms with E-state index in [9.17, 15) is 56.0 Å². The van der Waals surface area contributed by atoms with Crippen LogP contribution < -0.4 is 15.5 Å². The Morgan fingerprint density at radius 2 is 1.39 bits per heavy atom. The molecule has 0 bridgehead atoms. The molecule has 2 aliphatic rings. The summed E-state index contributed by atoms with van der Waals surface area (Å²) in [4.78, 5) is 27.8. The lowest BCUT2D eigenvalue weighted by atomic mass is 9.80. The van der Waals surface area contributed by atoms with E-state index in [2.05, 4.69) is 10.6 Å². The van der Waals surface area contributed by atoms with Gasteiger partial charge in [-0.15, -0.1) is 0 Å². The summed E-state index contributed by atoms with van der Waals surface area (Å²) in [6, 6.07) is 10.3. The van der Waals surface area contributed by atoms with Crippen LogP contribution in [0.5, 0.6) is 0 Å². The number of carbonyl (C=O) groups is 2. The SMILES string of the molecule is CNC(=O)c1ccc2c(c1)C(C)(C)C(/C=C/C=C1/N(CCCCS(=O)(=O)[O-])c3ccc(C(=O)NCC(O)C(O)C(O)C(O)CO)cc3C1(C)C)=[N+]2CCCCS(=O)(=O)[O-]. The van der Waals surface area contributed by atoms with Gasteiger partial charge in [-0.3, -0.25) is 9.59 Å². The molecular formula is C40H55N4O13S2-. The number of nitrogens with zero attached hydrogens (tertiary/aromatic N) is 2. The third-order valence-electron chi connectivity index (χ3n) is 10.9. The molecule has 0 aromatic heterocycles. The van der Waals surface area contributed by atoms with E-state index < -0.39 is 86.0 Å². The van der Waals surface area contributed by atoms with Crippen molar-refractivity contribution < 1.29 is 65.6 Å². The van der Waals surface area contributed by atoms with Gasteiger partial charge < -0.3 is 50.2 Å². The van der Waals surface area contributed by atoms with Gasteiger partial charge in [0.15, 0.2) is 5.71 Å². The van der Waals surface area contributed by atoms with E-state index in [1.165, 1.54) is 0 Å². The number of anilines is 1. The summed E-state index contributed by atoms with van der Waals surface area (Å²) in [6.45, 7) is 7.29. The van der Waals surface area contributed by atoms with Crippen LogP contribution in [0.2, 0.25) is 0 Å². The Balaban J connectivity index is 1.70. The van der Waals surface area contributed by atoms with Gasteiger partial charge in [-0.05, 0) is 75.1 Å². The van der Waals surface area contributed by atoms with Crippen molar-refractivity contribution in [3.05, 3.63) is 82.6 Å². The molecule has 2 heterocycles. The van der Waals surface area contributed by atoms with Crippen molar-refractivity contribution in [3.63, 3.8) is 0 Å². The van der Waals surface area contributed by atoms with Crippen molar-refractivity contribution in [2.45, 2.75) is 88.6 Å². The van der Waals surface area contributed by atoms with Crippen molar-refractivity contribution in [1.82, 2.24) is 10.6 Å². The molecule has 4 atom stereocenters. The van der Waals surface area contributed by atoms with E-state index in [0.29, 0.717) is 31.5 Å². The van der Waals surface area contributed by atoms with Crippen LogP contribution in [-0.2, 0) is 31.1 Å². The molecule has 59 heavy (non-hydrogen) atoms. The van der Waals surface area contributed by atoms with Crippen LogP contribution in [0, 0.1) is 0 Å². The number of hydrogen-bond acceptors (Lipinski definition) is 14. The summed E-state index contributed by atoms with van der Waals surface area (Å²) >= 11 is 0. The Labute approximate surface area is 345 Å². The molecule has 2 aromatic rings. The third kappa shape index (κ3) is 11.4. The van der Waals surface area contributed by atoms with Crippen LogP contribution in [0.15, 0.2) is 60.3 Å². The van der Waals surface area contributed by atoms with Crippen LogP contribution in [0.25, 0.3) is 0 Å². The quantitative estimate of drug-likeness (QED) is 0.0542. The van der Waals surface area contributed by atoms with E-state index in [0.717, 1.165) is 33.9 Å². The first kappa shape index (κ1) is 47.6. The molecule has 4 unspecified atom stereocenters. The molecule has 326 valence electrons. The molecule has 19 heteroatoms. The molecule has 2 aromatic carbocycles. The lowest BCUT2D eigenvalue weighted by Crippen LogP contribution is -2.49. The molecule has 2 amide bonds. The van der Waals surface area contributed by atoms with Crippen LogP contribution in [0.1, 0.15) is 85.2 Å². The van der Waals surface area contributed by atoms with Crippen LogP contribution >= 0.6 is 0 Å². The molecule has 0 aliphatic carbocycles. The molecule has 17 nitrogen and oxygen atoms in total. The molecule has 0 radical (unpaired) electrons. The number of rotatable bonds is 20. The monoisotopic (exact) mass is 863 g/mol. The summed E-state index contributed by atoms with van der Waals surface area (Å²) in [6.07, 6.45) is -0.401. The zero-order chi connectivity index (χ0) is 44.1. The highest BCUT2D eigenvalue weighted by Gasteiger charge is 2.45. The summed E-state index contributed by atoms with van der Waals surface area (Å²) in [7, 11) is -7.28. The maximum atomic E-state index is 13.3. The maximum Gasteiger partial charge on any atom is 0.251 e. The van der Waals surface area contributed by atoms with Crippen LogP contribution in [-0.4, -0.2) is 143 Å². The number of aliphatic hydroxyl groups is 5. The fourth-order valence-electron chi connectivity index (χ4n) is 7.57. The number of amides is 2. The molecule has 0 spiro atoms. The van der Waals surface area contributed by atoms with E-state index in [1.54, 1.807) is 31.3 Å². The van der Waals surface area contributed by atoms with Crippen molar-refractivity contribution >= 4 is 49.1 Å². The topological polar surface area (TPSA) is 280 Å². The molecule has 0 saturated carbocycles. The predicted octanol–water partition coefficient (Wildman–Crippen LogP) is 0.477. The van der Waals surface area contributed by atoms with Crippen molar-refractivity contribution in [2.24, 2.45) is 0 Å². The van der Waals surface area contributed by atoms with Gasteiger partial charge in [0.05, 0.1) is 38.4 Å². The van der Waals surface area contributed by atoms with E-state index in [-0.39, 0.29) is 24.3 Å². The Morgan fingerprint density at radius 1 is 0.814 bits per heavy atom. The second-order valence-electron chi connectivity index (χ2n) is 15.8. The van der Waals surface area contributed by atoms with Crippen molar-refractivity contribution in [1.29, 1.82) is 0 Å². The van der Waals surface area contributed by atoms with Gasteiger partial charge in [-0.2, -0.15) is 4.58 Å².